The average molecular weight is 578 g/mol. The molecular weight excluding hydrogens is 557 g/mol. The summed E-state index contributed by atoms with van der Waals surface area (Å²) in [5.41, 5.74) is -2.32. The summed E-state index contributed by atoms with van der Waals surface area (Å²) in [6.45, 7) is -2.89. The zero-order valence-corrected chi connectivity index (χ0v) is 20.3. The normalized spacial score (nSPS) is 15.1. The van der Waals surface area contributed by atoms with Gasteiger partial charge in [-0.3, -0.25) is 13.9 Å². The summed E-state index contributed by atoms with van der Waals surface area (Å²) < 4.78 is 102. The van der Waals surface area contributed by atoms with E-state index < -0.39 is 72.9 Å². The van der Waals surface area contributed by atoms with Crippen LogP contribution in [0.1, 0.15) is 12.0 Å². The maximum Gasteiger partial charge on any atom is 0.573 e. The number of alkyl halides is 6. The third-order valence-electron chi connectivity index (χ3n) is 5.66. The Labute approximate surface area is 220 Å². The number of fused-ring (bicyclic) bond motifs is 1. The van der Waals surface area contributed by atoms with E-state index in [0.29, 0.717) is 10.1 Å². The van der Waals surface area contributed by atoms with Gasteiger partial charge in [-0.1, -0.05) is 18.2 Å². The molecule has 2 heterocycles. The molecule has 2 N–H and O–H groups in total. The van der Waals surface area contributed by atoms with Crippen LogP contribution in [0.2, 0.25) is 0 Å². The number of benzene rings is 2. The molecule has 4 rings (SSSR count). The van der Waals surface area contributed by atoms with Crippen molar-refractivity contribution in [3.8, 4) is 11.5 Å². The molecule has 0 radical (unpaired) electrons. The summed E-state index contributed by atoms with van der Waals surface area (Å²) in [6, 6.07) is 9.19. The van der Waals surface area contributed by atoms with E-state index in [4.69, 9.17) is 9.84 Å². The molecule has 0 amide bonds. The Hall–Kier alpha value is -4.21. The fourth-order valence-electron chi connectivity index (χ4n) is 4.07. The fraction of sp³-hybridized carbons (Fsp3) is 0.333. The number of halogens is 7. The smallest absolute Gasteiger partial charge is 0.452 e. The standard InChI is InChI=1S/C24H21F7N4O5/c25-15-7-5-14(6-8-15)12-34-18-19(32-21(34)39-16-3-1-4-17(11-16)40-24(29,30)31)35(13-23(26,27)28)22(38)33(20(18)37)9-2-10-36/h1,3-8,11,21,32,36H,2,9-10,12-13H2. The number of aromatic nitrogens is 2. The maximum absolute atomic E-state index is 13.5. The number of hydrogen-bond donors (Lipinski definition) is 2. The first-order chi connectivity index (χ1) is 18.8. The second-order valence-corrected chi connectivity index (χ2v) is 8.61. The van der Waals surface area contributed by atoms with Crippen molar-refractivity contribution in [3.63, 3.8) is 0 Å². The Morgan fingerprint density at radius 2 is 1.62 bits per heavy atom. The van der Waals surface area contributed by atoms with Gasteiger partial charge in [0.1, 0.15) is 35.4 Å². The topological polar surface area (TPSA) is 98.0 Å². The van der Waals surface area contributed by atoms with Crippen LogP contribution in [0.25, 0.3) is 0 Å². The quantitative estimate of drug-likeness (QED) is 0.373. The molecule has 1 unspecified atom stereocenters. The highest BCUT2D eigenvalue weighted by molar-refractivity contribution is 5.71. The first-order valence-electron chi connectivity index (χ1n) is 11.6. The van der Waals surface area contributed by atoms with Crippen LogP contribution in [0.15, 0.2) is 58.1 Å². The lowest BCUT2D eigenvalue weighted by Crippen LogP contribution is -2.44. The van der Waals surface area contributed by atoms with Crippen molar-refractivity contribution in [3.05, 3.63) is 80.7 Å². The number of rotatable bonds is 9. The lowest BCUT2D eigenvalue weighted by molar-refractivity contribution is -0.274. The summed E-state index contributed by atoms with van der Waals surface area (Å²) in [5.74, 6) is -1.99. The minimum Gasteiger partial charge on any atom is -0.452 e. The van der Waals surface area contributed by atoms with Crippen molar-refractivity contribution >= 4 is 11.5 Å². The van der Waals surface area contributed by atoms with E-state index in [1.807, 2.05) is 0 Å². The van der Waals surface area contributed by atoms with Gasteiger partial charge in [0.2, 0.25) is 0 Å². The number of nitrogens with zero attached hydrogens (tertiary/aromatic N) is 3. The number of hydrogen-bond acceptors (Lipinski definition) is 7. The van der Waals surface area contributed by atoms with E-state index in [0.717, 1.165) is 29.2 Å². The van der Waals surface area contributed by atoms with Crippen LogP contribution >= 0.6 is 0 Å². The number of aliphatic hydroxyl groups is 1. The lowest BCUT2D eigenvalue weighted by Gasteiger charge is -2.26. The zero-order chi connectivity index (χ0) is 29.2. The van der Waals surface area contributed by atoms with Gasteiger partial charge in [0.05, 0.1) is 0 Å². The predicted octanol–water partition coefficient (Wildman–Crippen LogP) is 3.79. The Kier molecular flexibility index (Phi) is 8.00. The van der Waals surface area contributed by atoms with Crippen LogP contribution in [0.5, 0.6) is 11.5 Å². The minimum atomic E-state index is -5.01. The summed E-state index contributed by atoms with van der Waals surface area (Å²) >= 11 is 0. The summed E-state index contributed by atoms with van der Waals surface area (Å²) in [5, 5.41) is 11.7. The first kappa shape index (κ1) is 28.8. The summed E-state index contributed by atoms with van der Waals surface area (Å²) in [4.78, 5) is 27.5. The van der Waals surface area contributed by atoms with Crippen LogP contribution in [-0.2, 0) is 19.6 Å². The van der Waals surface area contributed by atoms with E-state index in [9.17, 15) is 40.3 Å². The Morgan fingerprint density at radius 3 is 2.25 bits per heavy atom. The molecule has 1 aliphatic heterocycles. The molecule has 2 aromatic carbocycles. The van der Waals surface area contributed by atoms with Crippen molar-refractivity contribution in [1.82, 2.24) is 9.13 Å². The van der Waals surface area contributed by atoms with E-state index in [1.54, 1.807) is 0 Å². The SMILES string of the molecule is O=c1c2c(n(CC(F)(F)F)c(=O)n1CCCO)NC(Oc1cccc(OC(F)(F)F)c1)N2Cc1ccc(F)cc1. The van der Waals surface area contributed by atoms with Crippen molar-refractivity contribution < 1.29 is 45.3 Å². The Bertz CT molecular complexity index is 1470. The highest BCUT2D eigenvalue weighted by atomic mass is 19.4. The molecular formula is C24H21F7N4O5. The van der Waals surface area contributed by atoms with E-state index in [2.05, 4.69) is 10.1 Å². The van der Waals surface area contributed by atoms with Crippen molar-refractivity contribution in [2.24, 2.45) is 0 Å². The van der Waals surface area contributed by atoms with Crippen LogP contribution in [0.3, 0.4) is 0 Å². The number of ether oxygens (including phenoxy) is 2. The second kappa shape index (κ2) is 11.1. The summed E-state index contributed by atoms with van der Waals surface area (Å²) in [6.07, 6.45) is -11.5. The molecule has 9 nitrogen and oxygen atoms in total. The van der Waals surface area contributed by atoms with Gasteiger partial charge in [-0.15, -0.1) is 13.2 Å². The maximum atomic E-state index is 13.5. The molecule has 0 bridgehead atoms. The van der Waals surface area contributed by atoms with Crippen LogP contribution < -0.4 is 30.9 Å². The second-order valence-electron chi connectivity index (χ2n) is 8.61. The molecule has 1 aliphatic rings. The third kappa shape index (κ3) is 6.67. The van der Waals surface area contributed by atoms with Gasteiger partial charge < -0.3 is 24.8 Å². The molecule has 0 spiro atoms. The van der Waals surface area contributed by atoms with Gasteiger partial charge >= 0.3 is 18.2 Å². The first-order valence-corrected chi connectivity index (χ1v) is 11.6. The van der Waals surface area contributed by atoms with Crippen molar-refractivity contribution in [2.45, 2.75) is 44.9 Å². The zero-order valence-electron chi connectivity index (χ0n) is 20.3. The molecule has 0 fully saturated rings. The van der Waals surface area contributed by atoms with Gasteiger partial charge in [0, 0.05) is 25.8 Å². The van der Waals surface area contributed by atoms with E-state index in [-0.39, 0.29) is 23.3 Å². The van der Waals surface area contributed by atoms with Crippen molar-refractivity contribution in [2.75, 3.05) is 16.8 Å². The van der Waals surface area contributed by atoms with Gasteiger partial charge in [0.25, 0.3) is 11.9 Å². The van der Waals surface area contributed by atoms with Gasteiger partial charge in [0.15, 0.2) is 0 Å². The molecule has 1 aromatic heterocycles. The molecule has 0 saturated carbocycles. The highest BCUT2D eigenvalue weighted by Gasteiger charge is 2.40. The number of anilines is 2. The molecule has 3 aromatic rings. The number of aliphatic hydroxyl groups excluding tert-OH is 1. The Morgan fingerprint density at radius 1 is 0.950 bits per heavy atom. The Balaban J connectivity index is 1.82. The van der Waals surface area contributed by atoms with Gasteiger partial charge in [-0.25, -0.2) is 9.18 Å². The van der Waals surface area contributed by atoms with Crippen LogP contribution in [0, 0.1) is 5.82 Å². The largest absolute Gasteiger partial charge is 0.573 e. The predicted molar refractivity (Wildman–Crippen MR) is 126 cm³/mol. The monoisotopic (exact) mass is 578 g/mol. The van der Waals surface area contributed by atoms with Crippen LogP contribution in [0.4, 0.5) is 42.2 Å². The molecule has 0 aliphatic carbocycles. The van der Waals surface area contributed by atoms with Crippen LogP contribution in [-0.4, -0.2) is 39.7 Å². The van der Waals surface area contributed by atoms with Crippen molar-refractivity contribution in [1.29, 1.82) is 0 Å². The molecule has 0 saturated heterocycles. The molecule has 40 heavy (non-hydrogen) atoms. The van der Waals surface area contributed by atoms with E-state index in [1.165, 1.54) is 24.3 Å². The fourth-order valence-corrected chi connectivity index (χ4v) is 4.07. The highest BCUT2D eigenvalue weighted by Crippen LogP contribution is 2.35. The molecule has 216 valence electrons. The van der Waals surface area contributed by atoms with Gasteiger partial charge in [-0.2, -0.15) is 13.2 Å². The number of nitrogens with one attached hydrogen (secondary N) is 1. The third-order valence-corrected chi connectivity index (χ3v) is 5.66. The lowest BCUT2D eigenvalue weighted by atomic mass is 10.2. The average Bonchev–Trinajstić information content (AvgIpc) is 3.19. The molecule has 16 heteroatoms. The van der Waals surface area contributed by atoms with E-state index >= 15 is 0 Å². The minimum absolute atomic E-state index is 0.114. The molecule has 1 atom stereocenters. The van der Waals surface area contributed by atoms with Gasteiger partial charge in [-0.05, 0) is 36.2 Å². The summed E-state index contributed by atoms with van der Waals surface area (Å²) in [7, 11) is 0.